The third-order valence-electron chi connectivity index (χ3n) is 2.75. The number of carbonyl (C=O) groups is 1. The van der Waals surface area contributed by atoms with Gasteiger partial charge in [0.15, 0.2) is 5.92 Å². The summed E-state index contributed by atoms with van der Waals surface area (Å²) in [6.07, 6.45) is -3.71. The van der Waals surface area contributed by atoms with Gasteiger partial charge < -0.3 is 10.1 Å². The van der Waals surface area contributed by atoms with E-state index in [1.165, 1.54) is 6.07 Å². The largest absolute Gasteiger partial charge is 0.481 e. The minimum Gasteiger partial charge on any atom is -0.481 e. The summed E-state index contributed by atoms with van der Waals surface area (Å²) in [5, 5.41) is 9.04. The van der Waals surface area contributed by atoms with Gasteiger partial charge >= 0.3 is 12.1 Å². The van der Waals surface area contributed by atoms with Crippen molar-refractivity contribution in [2.75, 3.05) is 0 Å². The molecule has 0 fully saturated rings. The Morgan fingerprint density at radius 3 is 2.61 bits per heavy atom. The van der Waals surface area contributed by atoms with E-state index in [9.17, 15) is 18.0 Å². The first-order valence-corrected chi connectivity index (χ1v) is 5.18. The molecule has 0 aliphatic heterocycles. The zero-order valence-corrected chi connectivity index (χ0v) is 9.38. The number of fused-ring (bicyclic) bond motifs is 1. The number of nitrogens with one attached hydrogen (secondary N) is 1. The second kappa shape index (κ2) is 4.04. The molecule has 0 saturated carbocycles. The van der Waals surface area contributed by atoms with Crippen LogP contribution in [-0.2, 0) is 4.79 Å². The van der Waals surface area contributed by atoms with Crippen molar-refractivity contribution in [1.29, 1.82) is 0 Å². The van der Waals surface area contributed by atoms with Gasteiger partial charge in [-0.2, -0.15) is 13.2 Å². The molecule has 3 nitrogen and oxygen atoms in total. The molecular formula is C12H10F3NO2. The summed E-state index contributed by atoms with van der Waals surface area (Å²) in [5.74, 6) is -4.40. The monoisotopic (exact) mass is 257 g/mol. The van der Waals surface area contributed by atoms with Crippen molar-refractivity contribution in [2.45, 2.75) is 19.0 Å². The molecule has 0 amide bonds. The minimum atomic E-state index is -4.81. The first-order chi connectivity index (χ1) is 8.30. The van der Waals surface area contributed by atoms with Crippen LogP contribution in [0.4, 0.5) is 13.2 Å². The number of hydrogen-bond donors (Lipinski definition) is 2. The van der Waals surface area contributed by atoms with Crippen LogP contribution in [-0.4, -0.2) is 22.2 Å². The molecule has 2 aromatic rings. The molecule has 18 heavy (non-hydrogen) atoms. The van der Waals surface area contributed by atoms with E-state index in [-0.39, 0.29) is 10.9 Å². The van der Waals surface area contributed by atoms with Gasteiger partial charge in [0.1, 0.15) is 0 Å². The number of hydrogen-bond acceptors (Lipinski definition) is 1. The van der Waals surface area contributed by atoms with E-state index in [4.69, 9.17) is 5.11 Å². The second-order valence-electron chi connectivity index (χ2n) is 4.11. The number of alkyl halides is 3. The molecule has 0 aliphatic carbocycles. The lowest BCUT2D eigenvalue weighted by Gasteiger charge is -2.15. The Kier molecular flexibility index (Phi) is 2.80. The number of H-pyrrole nitrogens is 1. The van der Waals surface area contributed by atoms with E-state index in [1.54, 1.807) is 19.1 Å². The first-order valence-electron chi connectivity index (χ1n) is 5.18. The Balaban J connectivity index is 2.62. The summed E-state index contributed by atoms with van der Waals surface area (Å²) >= 11 is 0. The molecule has 96 valence electrons. The van der Waals surface area contributed by atoms with Crippen LogP contribution in [0.15, 0.2) is 24.4 Å². The Labute approximate surface area is 100 Å². The highest BCUT2D eigenvalue weighted by Crippen LogP contribution is 2.38. The lowest BCUT2D eigenvalue weighted by Crippen LogP contribution is -2.28. The maximum Gasteiger partial charge on any atom is 0.406 e. The highest BCUT2D eigenvalue weighted by Gasteiger charge is 2.47. The number of aliphatic carboxylic acids is 1. The predicted octanol–water partition coefficient (Wildman–Crippen LogP) is 3.21. The van der Waals surface area contributed by atoms with Crippen LogP contribution in [0.1, 0.15) is 17.0 Å². The van der Waals surface area contributed by atoms with E-state index in [0.29, 0.717) is 5.52 Å². The third-order valence-corrected chi connectivity index (χ3v) is 2.75. The lowest BCUT2D eigenvalue weighted by atomic mass is 9.97. The van der Waals surface area contributed by atoms with Crippen molar-refractivity contribution in [3.63, 3.8) is 0 Å². The molecule has 0 bridgehead atoms. The fourth-order valence-electron chi connectivity index (χ4n) is 1.95. The fraction of sp³-hybridized carbons (Fsp3) is 0.250. The molecule has 6 heteroatoms. The maximum absolute atomic E-state index is 12.7. The number of carboxylic acids is 1. The number of carboxylic acid groups (broad SMARTS) is 1. The summed E-state index contributed by atoms with van der Waals surface area (Å²) in [6.45, 7) is 1.80. The van der Waals surface area contributed by atoms with Crippen molar-refractivity contribution >= 4 is 16.9 Å². The van der Waals surface area contributed by atoms with E-state index < -0.39 is 18.1 Å². The van der Waals surface area contributed by atoms with E-state index in [2.05, 4.69) is 4.98 Å². The van der Waals surface area contributed by atoms with Gasteiger partial charge in [0, 0.05) is 22.7 Å². The standard InChI is InChI=1S/C12H10F3NO2/c1-6-2-3-7-8(5-16-9(7)4-6)10(11(17)18)12(13,14)15/h2-5,10,16H,1H3,(H,17,18)/t10-/m1/s1. The Bertz CT molecular complexity index is 601. The van der Waals surface area contributed by atoms with Crippen LogP contribution in [0.2, 0.25) is 0 Å². The molecule has 0 aliphatic rings. The quantitative estimate of drug-likeness (QED) is 0.867. The number of aromatic amines is 1. The Morgan fingerprint density at radius 1 is 1.39 bits per heavy atom. The summed E-state index contributed by atoms with van der Waals surface area (Å²) in [6, 6.07) is 4.82. The molecule has 0 saturated heterocycles. The van der Waals surface area contributed by atoms with Crippen LogP contribution in [0, 0.1) is 6.92 Å². The third kappa shape index (κ3) is 2.05. The molecule has 1 heterocycles. The second-order valence-corrected chi connectivity index (χ2v) is 4.11. The molecule has 0 unspecified atom stereocenters. The van der Waals surface area contributed by atoms with Crippen LogP contribution < -0.4 is 0 Å². The smallest absolute Gasteiger partial charge is 0.406 e. The van der Waals surface area contributed by atoms with Gasteiger partial charge in [-0.15, -0.1) is 0 Å². The van der Waals surface area contributed by atoms with E-state index in [0.717, 1.165) is 11.8 Å². The Hall–Kier alpha value is -1.98. The van der Waals surface area contributed by atoms with E-state index >= 15 is 0 Å². The number of aryl methyl sites for hydroxylation is 1. The maximum atomic E-state index is 12.7. The van der Waals surface area contributed by atoms with E-state index in [1.807, 2.05) is 0 Å². The van der Waals surface area contributed by atoms with Gasteiger partial charge in [-0.3, -0.25) is 4.79 Å². The van der Waals surface area contributed by atoms with Crippen molar-refractivity contribution in [3.05, 3.63) is 35.5 Å². The molecule has 1 aromatic heterocycles. The fourth-order valence-corrected chi connectivity index (χ4v) is 1.95. The van der Waals surface area contributed by atoms with Crippen molar-refractivity contribution in [1.82, 2.24) is 4.98 Å². The number of rotatable bonds is 2. The average Bonchev–Trinajstić information content (AvgIpc) is 2.58. The van der Waals surface area contributed by atoms with Crippen LogP contribution in [0.3, 0.4) is 0 Å². The number of aromatic nitrogens is 1. The summed E-state index contributed by atoms with van der Waals surface area (Å²) in [5.41, 5.74) is 1.13. The van der Waals surface area contributed by atoms with Gasteiger partial charge in [-0.05, 0) is 18.6 Å². The minimum absolute atomic E-state index is 0.259. The van der Waals surface area contributed by atoms with Crippen molar-refractivity contribution < 1.29 is 23.1 Å². The summed E-state index contributed by atoms with van der Waals surface area (Å²) in [7, 11) is 0. The highest BCUT2D eigenvalue weighted by atomic mass is 19.4. The van der Waals surface area contributed by atoms with Gasteiger partial charge in [0.25, 0.3) is 0 Å². The van der Waals surface area contributed by atoms with Crippen LogP contribution >= 0.6 is 0 Å². The zero-order chi connectivity index (χ0) is 13.5. The zero-order valence-electron chi connectivity index (χ0n) is 9.38. The highest BCUT2D eigenvalue weighted by molar-refractivity contribution is 5.90. The topological polar surface area (TPSA) is 53.1 Å². The van der Waals surface area contributed by atoms with Crippen molar-refractivity contribution in [2.24, 2.45) is 0 Å². The molecule has 1 aromatic carbocycles. The number of benzene rings is 1. The van der Waals surface area contributed by atoms with Crippen LogP contribution in [0.5, 0.6) is 0 Å². The lowest BCUT2D eigenvalue weighted by molar-refractivity contribution is -0.176. The summed E-state index contributed by atoms with van der Waals surface area (Å²) < 4.78 is 38.2. The van der Waals surface area contributed by atoms with Crippen LogP contribution in [0.25, 0.3) is 10.9 Å². The normalized spacial score (nSPS) is 13.8. The molecule has 0 radical (unpaired) electrons. The SMILES string of the molecule is Cc1ccc2c([C@H](C(=O)O)C(F)(F)F)c[nH]c2c1. The molecule has 1 atom stereocenters. The Morgan fingerprint density at radius 2 is 2.06 bits per heavy atom. The molecular weight excluding hydrogens is 247 g/mol. The molecule has 2 N–H and O–H groups in total. The molecule has 2 rings (SSSR count). The average molecular weight is 257 g/mol. The molecule has 0 spiro atoms. The predicted molar refractivity (Wildman–Crippen MR) is 59.5 cm³/mol. The van der Waals surface area contributed by atoms with Gasteiger partial charge in [-0.25, -0.2) is 0 Å². The summed E-state index contributed by atoms with van der Waals surface area (Å²) in [4.78, 5) is 13.5. The van der Waals surface area contributed by atoms with Gasteiger partial charge in [-0.1, -0.05) is 12.1 Å². The van der Waals surface area contributed by atoms with Crippen molar-refractivity contribution in [3.8, 4) is 0 Å². The first kappa shape index (κ1) is 12.5. The van der Waals surface area contributed by atoms with Gasteiger partial charge in [0.2, 0.25) is 0 Å². The van der Waals surface area contributed by atoms with Gasteiger partial charge in [0.05, 0.1) is 0 Å². The number of halogens is 3.